The van der Waals surface area contributed by atoms with Gasteiger partial charge >= 0.3 is 0 Å². The minimum Gasteiger partial charge on any atom is -0.465 e. The summed E-state index contributed by atoms with van der Waals surface area (Å²) in [4.78, 5) is 11.7. The molecule has 0 aliphatic heterocycles. The van der Waals surface area contributed by atoms with Gasteiger partial charge < -0.3 is 4.42 Å². The fourth-order valence-corrected chi connectivity index (χ4v) is 1.59. The van der Waals surface area contributed by atoms with Crippen LogP contribution in [0.2, 0.25) is 5.02 Å². The monoisotopic (exact) mass is 274 g/mol. The lowest BCUT2D eigenvalue weighted by molar-refractivity contribution is 0.0955. The van der Waals surface area contributed by atoms with Gasteiger partial charge in [0.1, 0.15) is 5.76 Å². The van der Waals surface area contributed by atoms with Crippen molar-refractivity contribution in [3.63, 3.8) is 0 Å². The third-order valence-corrected chi connectivity index (χ3v) is 2.58. The minimum absolute atomic E-state index is 0.353. The van der Waals surface area contributed by atoms with Crippen LogP contribution >= 0.6 is 11.6 Å². The number of hydrogen-bond acceptors (Lipinski definition) is 3. The Labute approximate surface area is 115 Å². The molecule has 2 aromatic rings. The molecule has 0 spiro atoms. The molecule has 2 rings (SSSR count). The number of rotatable bonds is 4. The Morgan fingerprint density at radius 2 is 2.11 bits per heavy atom. The largest absolute Gasteiger partial charge is 0.465 e. The highest BCUT2D eigenvalue weighted by Gasteiger charge is 2.07. The van der Waals surface area contributed by atoms with Crippen LogP contribution in [0.3, 0.4) is 0 Å². The molecule has 19 heavy (non-hydrogen) atoms. The van der Waals surface area contributed by atoms with Crippen LogP contribution < -0.4 is 5.43 Å². The summed E-state index contributed by atoms with van der Waals surface area (Å²) in [6.45, 7) is 0. The number of amides is 1. The van der Waals surface area contributed by atoms with Gasteiger partial charge in [0.2, 0.25) is 0 Å². The molecule has 1 aromatic carbocycles. The highest BCUT2D eigenvalue weighted by atomic mass is 35.5. The second kappa shape index (κ2) is 6.56. The minimum atomic E-state index is -0.353. The van der Waals surface area contributed by atoms with E-state index < -0.39 is 0 Å². The predicted octanol–water partition coefficient (Wildman–Crippen LogP) is 3.36. The Morgan fingerprint density at radius 3 is 2.84 bits per heavy atom. The van der Waals surface area contributed by atoms with Gasteiger partial charge in [-0.05, 0) is 36.4 Å². The number of halogens is 1. The molecule has 1 aromatic heterocycles. The van der Waals surface area contributed by atoms with Gasteiger partial charge in [-0.1, -0.05) is 23.7 Å². The van der Waals surface area contributed by atoms with Crippen LogP contribution in [-0.2, 0) is 0 Å². The third-order valence-electron chi connectivity index (χ3n) is 2.25. The van der Waals surface area contributed by atoms with Crippen LogP contribution in [0.4, 0.5) is 0 Å². The fourth-order valence-electron chi connectivity index (χ4n) is 1.37. The normalized spacial score (nSPS) is 11.2. The van der Waals surface area contributed by atoms with Gasteiger partial charge in [-0.25, -0.2) is 5.43 Å². The van der Waals surface area contributed by atoms with Crippen LogP contribution in [0.15, 0.2) is 58.3 Å². The standard InChI is InChI=1S/C14H11ClN2O2/c15-13-8-2-1-7-12(13)14(18)17-16-9-3-5-11-6-4-10-19-11/h1-10H,(H,17,18)/b5-3+,16-9?. The Balaban J connectivity index is 1.89. The Hall–Kier alpha value is -2.33. The predicted molar refractivity (Wildman–Crippen MR) is 75.2 cm³/mol. The summed E-state index contributed by atoms with van der Waals surface area (Å²) >= 11 is 5.89. The molecule has 0 radical (unpaired) electrons. The maximum atomic E-state index is 11.7. The summed E-state index contributed by atoms with van der Waals surface area (Å²) in [5.74, 6) is 0.358. The van der Waals surface area contributed by atoms with E-state index in [0.717, 1.165) is 0 Å². The molecule has 0 atom stereocenters. The molecule has 1 heterocycles. The summed E-state index contributed by atoms with van der Waals surface area (Å²) in [5, 5.41) is 4.17. The van der Waals surface area contributed by atoms with E-state index in [9.17, 15) is 4.79 Å². The zero-order valence-corrected chi connectivity index (χ0v) is 10.7. The first kappa shape index (κ1) is 13.1. The molecule has 0 fully saturated rings. The number of benzene rings is 1. The fraction of sp³-hybridized carbons (Fsp3) is 0. The SMILES string of the molecule is O=C(NN=C/C=C/c1ccco1)c1ccccc1Cl. The van der Waals surface area contributed by atoms with Crippen LogP contribution in [0, 0.1) is 0 Å². The van der Waals surface area contributed by atoms with Crippen molar-refractivity contribution in [1.29, 1.82) is 0 Å². The average molecular weight is 275 g/mol. The van der Waals surface area contributed by atoms with Crippen LogP contribution in [-0.4, -0.2) is 12.1 Å². The van der Waals surface area contributed by atoms with Crippen LogP contribution in [0.1, 0.15) is 16.1 Å². The second-order valence-corrected chi connectivity index (χ2v) is 3.98. The molecular formula is C14H11ClN2O2. The number of hydrogen-bond donors (Lipinski definition) is 1. The molecular weight excluding hydrogens is 264 g/mol. The van der Waals surface area contributed by atoms with Gasteiger partial charge in [0.05, 0.1) is 16.8 Å². The first-order chi connectivity index (χ1) is 9.27. The molecule has 1 amide bonds. The number of carbonyl (C=O) groups is 1. The molecule has 1 N–H and O–H groups in total. The van der Waals surface area contributed by atoms with Crippen molar-refractivity contribution >= 4 is 29.8 Å². The van der Waals surface area contributed by atoms with E-state index in [2.05, 4.69) is 10.5 Å². The Morgan fingerprint density at radius 1 is 1.26 bits per heavy atom. The zero-order chi connectivity index (χ0) is 13.5. The van der Waals surface area contributed by atoms with Crippen molar-refractivity contribution < 1.29 is 9.21 Å². The van der Waals surface area contributed by atoms with Gasteiger partial charge in [0, 0.05) is 6.21 Å². The molecule has 0 aliphatic rings. The zero-order valence-electron chi connectivity index (χ0n) is 9.92. The van der Waals surface area contributed by atoms with Gasteiger partial charge in [-0.3, -0.25) is 4.79 Å². The highest BCUT2D eigenvalue weighted by molar-refractivity contribution is 6.33. The third kappa shape index (κ3) is 3.82. The lowest BCUT2D eigenvalue weighted by Gasteiger charge is -2.00. The van der Waals surface area contributed by atoms with Gasteiger partial charge in [-0.15, -0.1) is 0 Å². The molecule has 5 heteroatoms. The number of nitrogens with zero attached hydrogens (tertiary/aromatic N) is 1. The Bertz CT molecular complexity index is 604. The average Bonchev–Trinajstić information content (AvgIpc) is 2.92. The van der Waals surface area contributed by atoms with Crippen LogP contribution in [0.5, 0.6) is 0 Å². The number of carbonyl (C=O) groups excluding carboxylic acids is 1. The van der Waals surface area contributed by atoms with E-state index in [4.69, 9.17) is 16.0 Å². The van der Waals surface area contributed by atoms with E-state index in [1.807, 2.05) is 6.07 Å². The van der Waals surface area contributed by atoms with Crippen molar-refractivity contribution in [3.8, 4) is 0 Å². The maximum absolute atomic E-state index is 11.7. The first-order valence-corrected chi connectivity index (χ1v) is 5.93. The topological polar surface area (TPSA) is 54.6 Å². The highest BCUT2D eigenvalue weighted by Crippen LogP contribution is 2.14. The van der Waals surface area contributed by atoms with Crippen molar-refractivity contribution in [1.82, 2.24) is 5.43 Å². The first-order valence-electron chi connectivity index (χ1n) is 5.55. The maximum Gasteiger partial charge on any atom is 0.272 e. The second-order valence-electron chi connectivity index (χ2n) is 3.57. The van der Waals surface area contributed by atoms with Gasteiger partial charge in [-0.2, -0.15) is 5.10 Å². The van der Waals surface area contributed by atoms with Gasteiger partial charge in [0.15, 0.2) is 0 Å². The molecule has 0 unspecified atom stereocenters. The van der Waals surface area contributed by atoms with Crippen molar-refractivity contribution in [2.45, 2.75) is 0 Å². The summed E-state index contributed by atoms with van der Waals surface area (Å²) in [6, 6.07) is 10.4. The van der Waals surface area contributed by atoms with E-state index >= 15 is 0 Å². The van der Waals surface area contributed by atoms with Crippen molar-refractivity contribution in [3.05, 3.63) is 65.1 Å². The lowest BCUT2D eigenvalue weighted by Crippen LogP contribution is -2.17. The Kier molecular flexibility index (Phi) is 4.53. The smallest absolute Gasteiger partial charge is 0.272 e. The summed E-state index contributed by atoms with van der Waals surface area (Å²) in [7, 11) is 0. The molecule has 0 aliphatic carbocycles. The van der Waals surface area contributed by atoms with E-state index in [-0.39, 0.29) is 5.91 Å². The van der Waals surface area contributed by atoms with E-state index in [1.54, 1.807) is 48.7 Å². The quantitative estimate of drug-likeness (QED) is 0.686. The van der Waals surface area contributed by atoms with E-state index in [0.29, 0.717) is 16.3 Å². The molecule has 0 saturated carbocycles. The number of hydrazone groups is 1. The molecule has 0 bridgehead atoms. The summed E-state index contributed by atoms with van der Waals surface area (Å²) in [6.07, 6.45) is 6.42. The van der Waals surface area contributed by atoms with Crippen LogP contribution in [0.25, 0.3) is 6.08 Å². The molecule has 96 valence electrons. The summed E-state index contributed by atoms with van der Waals surface area (Å²) in [5.41, 5.74) is 2.77. The molecule has 0 saturated heterocycles. The number of nitrogens with one attached hydrogen (secondary N) is 1. The number of allylic oxidation sites excluding steroid dienone is 1. The lowest BCUT2D eigenvalue weighted by atomic mass is 10.2. The van der Waals surface area contributed by atoms with Crippen molar-refractivity contribution in [2.24, 2.45) is 5.10 Å². The summed E-state index contributed by atoms with van der Waals surface area (Å²) < 4.78 is 5.09. The van der Waals surface area contributed by atoms with E-state index in [1.165, 1.54) is 6.21 Å². The number of furan rings is 1. The van der Waals surface area contributed by atoms with Gasteiger partial charge in [0.25, 0.3) is 5.91 Å². The molecule has 4 nitrogen and oxygen atoms in total. The van der Waals surface area contributed by atoms with Crippen molar-refractivity contribution in [2.75, 3.05) is 0 Å².